The molecule has 4 heteroatoms. The van der Waals surface area contributed by atoms with Crippen LogP contribution < -0.4 is 0 Å². The number of rotatable bonds is 4. The van der Waals surface area contributed by atoms with Gasteiger partial charge in [0.1, 0.15) is 0 Å². The van der Waals surface area contributed by atoms with Gasteiger partial charge < -0.3 is 4.74 Å². The average Bonchev–Trinajstić information content (AvgIpc) is 3.02. The van der Waals surface area contributed by atoms with Crippen LogP contribution in [0.3, 0.4) is 0 Å². The van der Waals surface area contributed by atoms with Crippen molar-refractivity contribution in [2.75, 3.05) is 20.2 Å². The maximum atomic E-state index is 5.83. The van der Waals surface area contributed by atoms with Crippen LogP contribution in [-0.2, 0) is 17.8 Å². The molecule has 0 aromatic carbocycles. The molecule has 1 aromatic heterocycles. The van der Waals surface area contributed by atoms with Gasteiger partial charge in [0, 0.05) is 43.4 Å². The number of likely N-dealkylation sites (tertiary alicyclic amines) is 1. The van der Waals surface area contributed by atoms with Crippen LogP contribution in [-0.4, -0.2) is 41.0 Å². The summed E-state index contributed by atoms with van der Waals surface area (Å²) in [6, 6.07) is 0. The Morgan fingerprint density at radius 1 is 1.27 bits per heavy atom. The zero-order valence-electron chi connectivity index (χ0n) is 14.7. The van der Waals surface area contributed by atoms with Gasteiger partial charge in [0.05, 0.1) is 11.8 Å². The molecule has 1 aliphatic heterocycles. The van der Waals surface area contributed by atoms with Gasteiger partial charge in [-0.05, 0) is 53.0 Å². The summed E-state index contributed by atoms with van der Waals surface area (Å²) in [6.45, 7) is 11.0. The first-order valence-electron chi connectivity index (χ1n) is 8.87. The van der Waals surface area contributed by atoms with Crippen LogP contribution in [0.1, 0.15) is 56.0 Å². The van der Waals surface area contributed by atoms with Crippen molar-refractivity contribution < 1.29 is 4.74 Å². The lowest BCUT2D eigenvalue weighted by Gasteiger charge is -2.43. The molecule has 2 heterocycles. The van der Waals surface area contributed by atoms with E-state index in [4.69, 9.17) is 4.74 Å². The Morgan fingerprint density at radius 3 is 2.73 bits per heavy atom. The van der Waals surface area contributed by atoms with E-state index in [1.807, 2.05) is 7.11 Å². The number of piperidine rings is 1. The fourth-order valence-electron chi connectivity index (χ4n) is 4.83. The Morgan fingerprint density at radius 2 is 2.05 bits per heavy atom. The second kappa shape index (κ2) is 6.32. The SMILES string of the molecule is CCn1nc(C)c(CN2CCC[C@@]3(CCC[C@H]3OC)C2)c1C. The predicted octanol–water partition coefficient (Wildman–Crippen LogP) is 3.30. The highest BCUT2D eigenvalue weighted by molar-refractivity contribution is 5.24. The molecule has 3 rings (SSSR count). The molecular formula is C18H31N3O. The van der Waals surface area contributed by atoms with Crippen molar-refractivity contribution in [3.8, 4) is 0 Å². The smallest absolute Gasteiger partial charge is 0.0641 e. The summed E-state index contributed by atoms with van der Waals surface area (Å²) in [5.41, 5.74) is 4.39. The van der Waals surface area contributed by atoms with E-state index >= 15 is 0 Å². The van der Waals surface area contributed by atoms with Gasteiger partial charge in [-0.1, -0.05) is 6.42 Å². The van der Waals surface area contributed by atoms with Crippen molar-refractivity contribution in [3.63, 3.8) is 0 Å². The fourth-order valence-corrected chi connectivity index (χ4v) is 4.83. The van der Waals surface area contributed by atoms with Gasteiger partial charge in [-0.15, -0.1) is 0 Å². The molecule has 2 atom stereocenters. The van der Waals surface area contributed by atoms with Crippen LogP contribution in [0.5, 0.6) is 0 Å². The monoisotopic (exact) mass is 305 g/mol. The molecule has 0 radical (unpaired) electrons. The van der Waals surface area contributed by atoms with Crippen LogP contribution in [0.2, 0.25) is 0 Å². The minimum absolute atomic E-state index is 0.412. The zero-order chi connectivity index (χ0) is 15.7. The summed E-state index contributed by atoms with van der Waals surface area (Å²) in [5, 5.41) is 4.68. The van der Waals surface area contributed by atoms with E-state index in [1.54, 1.807) is 0 Å². The molecule has 0 N–H and O–H groups in total. The second-order valence-electron chi connectivity index (χ2n) is 7.26. The Kier molecular flexibility index (Phi) is 4.60. The highest BCUT2D eigenvalue weighted by Gasteiger charge is 2.45. The summed E-state index contributed by atoms with van der Waals surface area (Å²) in [7, 11) is 1.90. The molecule has 2 fully saturated rings. The molecule has 1 saturated heterocycles. The predicted molar refractivity (Wildman–Crippen MR) is 89.0 cm³/mol. The molecule has 4 nitrogen and oxygen atoms in total. The minimum Gasteiger partial charge on any atom is -0.381 e. The summed E-state index contributed by atoms with van der Waals surface area (Å²) < 4.78 is 7.97. The highest BCUT2D eigenvalue weighted by atomic mass is 16.5. The third kappa shape index (κ3) is 2.71. The minimum atomic E-state index is 0.412. The molecule has 0 unspecified atom stereocenters. The number of hydrogen-bond acceptors (Lipinski definition) is 3. The van der Waals surface area contributed by atoms with Crippen molar-refractivity contribution >= 4 is 0 Å². The van der Waals surface area contributed by atoms with E-state index in [0.29, 0.717) is 11.5 Å². The number of nitrogens with zero attached hydrogens (tertiary/aromatic N) is 3. The van der Waals surface area contributed by atoms with E-state index in [1.165, 1.54) is 62.1 Å². The van der Waals surface area contributed by atoms with E-state index in [9.17, 15) is 0 Å². The molecule has 1 saturated carbocycles. The van der Waals surface area contributed by atoms with Crippen molar-refractivity contribution in [3.05, 3.63) is 17.0 Å². The largest absolute Gasteiger partial charge is 0.381 e. The Bertz CT molecular complexity index is 525. The highest BCUT2D eigenvalue weighted by Crippen LogP contribution is 2.46. The average molecular weight is 305 g/mol. The first kappa shape index (κ1) is 16.0. The third-order valence-electron chi connectivity index (χ3n) is 6.01. The summed E-state index contributed by atoms with van der Waals surface area (Å²) in [5.74, 6) is 0. The third-order valence-corrected chi connectivity index (χ3v) is 6.01. The quantitative estimate of drug-likeness (QED) is 0.855. The van der Waals surface area contributed by atoms with Gasteiger partial charge in [0.15, 0.2) is 0 Å². The van der Waals surface area contributed by atoms with Gasteiger partial charge in [0.25, 0.3) is 0 Å². The normalized spacial score (nSPS) is 29.5. The van der Waals surface area contributed by atoms with Gasteiger partial charge in [-0.25, -0.2) is 0 Å². The van der Waals surface area contributed by atoms with Crippen LogP contribution in [0.15, 0.2) is 0 Å². The number of aryl methyl sites for hydroxylation is 2. The number of aromatic nitrogens is 2. The van der Waals surface area contributed by atoms with Gasteiger partial charge in [0.2, 0.25) is 0 Å². The Balaban J connectivity index is 1.75. The number of methoxy groups -OCH3 is 1. The van der Waals surface area contributed by atoms with Crippen molar-refractivity contribution in [2.45, 2.75) is 72.1 Å². The molecule has 0 bridgehead atoms. The summed E-state index contributed by atoms with van der Waals surface area (Å²) >= 11 is 0. The van der Waals surface area contributed by atoms with Crippen LogP contribution >= 0.6 is 0 Å². The van der Waals surface area contributed by atoms with Crippen molar-refractivity contribution in [1.29, 1.82) is 0 Å². The van der Waals surface area contributed by atoms with E-state index in [0.717, 1.165) is 13.1 Å². The van der Waals surface area contributed by atoms with E-state index < -0.39 is 0 Å². The molecule has 1 aromatic rings. The van der Waals surface area contributed by atoms with Crippen LogP contribution in [0, 0.1) is 19.3 Å². The van der Waals surface area contributed by atoms with E-state index in [-0.39, 0.29) is 0 Å². The molecule has 0 amide bonds. The molecule has 1 aliphatic carbocycles. The number of ether oxygens (including phenoxy) is 1. The molecule has 22 heavy (non-hydrogen) atoms. The second-order valence-corrected chi connectivity index (χ2v) is 7.26. The van der Waals surface area contributed by atoms with Crippen molar-refractivity contribution in [1.82, 2.24) is 14.7 Å². The maximum absolute atomic E-state index is 5.83. The maximum Gasteiger partial charge on any atom is 0.0641 e. The van der Waals surface area contributed by atoms with E-state index in [2.05, 4.69) is 35.5 Å². The first-order chi connectivity index (χ1) is 10.6. The summed E-state index contributed by atoms with van der Waals surface area (Å²) in [6.07, 6.45) is 7.03. The van der Waals surface area contributed by atoms with Crippen molar-refractivity contribution in [2.24, 2.45) is 5.41 Å². The zero-order valence-corrected chi connectivity index (χ0v) is 14.7. The standard InChI is InChI=1S/C18H31N3O/c1-5-21-15(3)16(14(2)19-21)12-20-11-7-10-18(13-20)9-6-8-17(18)22-4/h17H,5-13H2,1-4H3/t17-,18+/m1/s1. The molecule has 1 spiro atoms. The topological polar surface area (TPSA) is 30.3 Å². The lowest BCUT2D eigenvalue weighted by Crippen LogP contribution is -2.47. The Labute approximate surface area is 134 Å². The van der Waals surface area contributed by atoms with Crippen LogP contribution in [0.4, 0.5) is 0 Å². The fraction of sp³-hybridized carbons (Fsp3) is 0.833. The number of hydrogen-bond donors (Lipinski definition) is 0. The Hall–Kier alpha value is -0.870. The van der Waals surface area contributed by atoms with Gasteiger partial charge in [-0.3, -0.25) is 9.58 Å². The lowest BCUT2D eigenvalue weighted by atomic mass is 9.76. The molecular weight excluding hydrogens is 274 g/mol. The van der Waals surface area contributed by atoms with Crippen LogP contribution in [0.25, 0.3) is 0 Å². The van der Waals surface area contributed by atoms with Gasteiger partial charge >= 0.3 is 0 Å². The first-order valence-corrected chi connectivity index (χ1v) is 8.87. The molecule has 2 aliphatic rings. The lowest BCUT2D eigenvalue weighted by molar-refractivity contribution is -0.0367. The van der Waals surface area contributed by atoms with Gasteiger partial charge in [-0.2, -0.15) is 5.10 Å². The summed E-state index contributed by atoms with van der Waals surface area (Å²) in [4.78, 5) is 2.65. The molecule has 124 valence electrons.